The molecule has 0 heterocycles. The highest BCUT2D eigenvalue weighted by atomic mass is 16.3. The molecule has 3 heteroatoms. The lowest BCUT2D eigenvalue weighted by Crippen LogP contribution is -2.30. The molecule has 0 unspecified atom stereocenters. The minimum Gasteiger partial charge on any atom is -0.398 e. The first-order chi connectivity index (χ1) is 7.75. The zero-order chi connectivity index (χ0) is 11.4. The number of nitrogens with two attached hydrogens (primary N) is 1. The molecule has 1 aliphatic rings. The number of para-hydroxylation sites is 1. The number of hydrogen-bond donors (Lipinski definition) is 3. The van der Waals surface area contributed by atoms with E-state index in [1.165, 1.54) is 0 Å². The maximum atomic E-state index is 9.32. The average Bonchev–Trinajstić information content (AvgIpc) is 2.30. The number of nitrogen functional groups attached to an aromatic ring is 1. The van der Waals surface area contributed by atoms with Gasteiger partial charge in [0.1, 0.15) is 0 Å². The van der Waals surface area contributed by atoms with Crippen LogP contribution in [0, 0.1) is 0 Å². The summed E-state index contributed by atoms with van der Waals surface area (Å²) in [7, 11) is 0. The Morgan fingerprint density at radius 1 is 1.25 bits per heavy atom. The standard InChI is InChI=1S/C13H18N2O/c14-13-4-2-1-3-10(13)9-15-11-5-7-12(16)8-6-11/h1-5,7,11-12,15-16H,6,8-9,14H2/t11-,12+/m1/s1. The molecule has 86 valence electrons. The van der Waals surface area contributed by atoms with Crippen molar-refractivity contribution >= 4 is 5.69 Å². The number of benzene rings is 1. The molecule has 1 aromatic carbocycles. The van der Waals surface area contributed by atoms with Crippen LogP contribution in [0.2, 0.25) is 0 Å². The van der Waals surface area contributed by atoms with Crippen molar-refractivity contribution in [3.8, 4) is 0 Å². The monoisotopic (exact) mass is 218 g/mol. The number of aliphatic hydroxyl groups is 1. The van der Waals surface area contributed by atoms with E-state index in [4.69, 9.17) is 5.73 Å². The minimum absolute atomic E-state index is 0.264. The SMILES string of the molecule is Nc1ccccc1CN[C@@H]1C=C[C@H](O)CC1. The van der Waals surface area contributed by atoms with Gasteiger partial charge in [-0.05, 0) is 24.5 Å². The lowest BCUT2D eigenvalue weighted by atomic mass is 10.0. The summed E-state index contributed by atoms with van der Waals surface area (Å²) >= 11 is 0. The van der Waals surface area contributed by atoms with Gasteiger partial charge in [0.15, 0.2) is 0 Å². The number of aliphatic hydroxyl groups excluding tert-OH is 1. The summed E-state index contributed by atoms with van der Waals surface area (Å²) in [6.07, 6.45) is 5.44. The van der Waals surface area contributed by atoms with E-state index < -0.39 is 0 Å². The normalized spacial score (nSPS) is 24.6. The highest BCUT2D eigenvalue weighted by molar-refractivity contribution is 5.46. The predicted octanol–water partition coefficient (Wildman–Crippen LogP) is 1.44. The molecular weight excluding hydrogens is 200 g/mol. The highest BCUT2D eigenvalue weighted by Gasteiger charge is 2.12. The maximum absolute atomic E-state index is 9.32. The molecule has 3 nitrogen and oxygen atoms in total. The fourth-order valence-corrected chi connectivity index (χ4v) is 1.91. The van der Waals surface area contributed by atoms with Gasteiger partial charge in [0, 0.05) is 18.3 Å². The molecule has 0 saturated carbocycles. The Bertz CT molecular complexity index is 376. The largest absolute Gasteiger partial charge is 0.398 e. The van der Waals surface area contributed by atoms with Gasteiger partial charge in [-0.25, -0.2) is 0 Å². The van der Waals surface area contributed by atoms with E-state index >= 15 is 0 Å². The summed E-state index contributed by atoms with van der Waals surface area (Å²) in [6, 6.07) is 8.23. The van der Waals surface area contributed by atoms with Crippen LogP contribution in [0.15, 0.2) is 36.4 Å². The van der Waals surface area contributed by atoms with Gasteiger partial charge >= 0.3 is 0 Å². The van der Waals surface area contributed by atoms with Crippen molar-refractivity contribution in [3.63, 3.8) is 0 Å². The second-order valence-electron chi connectivity index (χ2n) is 4.22. The third-order valence-electron chi connectivity index (χ3n) is 2.95. The molecule has 0 amide bonds. The quantitative estimate of drug-likeness (QED) is 0.531. The van der Waals surface area contributed by atoms with Gasteiger partial charge < -0.3 is 16.2 Å². The summed E-state index contributed by atoms with van der Waals surface area (Å²) in [6.45, 7) is 0.776. The topological polar surface area (TPSA) is 58.3 Å². The van der Waals surface area contributed by atoms with E-state index in [2.05, 4.69) is 5.32 Å². The molecule has 0 radical (unpaired) electrons. The van der Waals surface area contributed by atoms with E-state index in [-0.39, 0.29) is 6.10 Å². The number of rotatable bonds is 3. The smallest absolute Gasteiger partial charge is 0.0722 e. The molecular formula is C13H18N2O. The second-order valence-corrected chi connectivity index (χ2v) is 4.22. The minimum atomic E-state index is -0.264. The van der Waals surface area contributed by atoms with Crippen LogP contribution in [0.5, 0.6) is 0 Å². The fourth-order valence-electron chi connectivity index (χ4n) is 1.91. The lowest BCUT2D eigenvalue weighted by Gasteiger charge is -2.21. The summed E-state index contributed by atoms with van der Waals surface area (Å²) in [5, 5.41) is 12.7. The van der Waals surface area contributed by atoms with E-state index in [1.807, 2.05) is 36.4 Å². The molecule has 2 rings (SSSR count). The molecule has 4 N–H and O–H groups in total. The van der Waals surface area contributed by atoms with Crippen LogP contribution in [0.1, 0.15) is 18.4 Å². The van der Waals surface area contributed by atoms with Crippen LogP contribution in [0.4, 0.5) is 5.69 Å². The number of anilines is 1. The maximum Gasteiger partial charge on any atom is 0.0722 e. The van der Waals surface area contributed by atoms with Crippen molar-refractivity contribution in [1.82, 2.24) is 5.32 Å². The van der Waals surface area contributed by atoms with Crippen molar-refractivity contribution in [2.45, 2.75) is 31.5 Å². The first-order valence-corrected chi connectivity index (χ1v) is 5.69. The van der Waals surface area contributed by atoms with Gasteiger partial charge in [-0.3, -0.25) is 0 Å². The predicted molar refractivity (Wildman–Crippen MR) is 65.9 cm³/mol. The van der Waals surface area contributed by atoms with E-state index in [1.54, 1.807) is 0 Å². The van der Waals surface area contributed by atoms with Gasteiger partial charge in [0.05, 0.1) is 6.10 Å². The Morgan fingerprint density at radius 3 is 2.75 bits per heavy atom. The van der Waals surface area contributed by atoms with Crippen molar-refractivity contribution in [1.29, 1.82) is 0 Å². The molecule has 0 bridgehead atoms. The van der Waals surface area contributed by atoms with E-state index in [0.29, 0.717) is 6.04 Å². The third-order valence-corrected chi connectivity index (χ3v) is 2.95. The molecule has 1 aromatic rings. The van der Waals surface area contributed by atoms with Gasteiger partial charge in [-0.1, -0.05) is 30.4 Å². The van der Waals surface area contributed by atoms with Crippen molar-refractivity contribution in [2.75, 3.05) is 5.73 Å². The molecule has 0 spiro atoms. The molecule has 0 fully saturated rings. The summed E-state index contributed by atoms with van der Waals surface area (Å²) in [5.74, 6) is 0. The van der Waals surface area contributed by atoms with Crippen molar-refractivity contribution in [3.05, 3.63) is 42.0 Å². The third kappa shape index (κ3) is 2.84. The van der Waals surface area contributed by atoms with Crippen LogP contribution in [0.3, 0.4) is 0 Å². The Balaban J connectivity index is 1.88. The van der Waals surface area contributed by atoms with Gasteiger partial charge in [0.25, 0.3) is 0 Å². The fraction of sp³-hybridized carbons (Fsp3) is 0.385. The molecule has 0 aromatic heterocycles. The van der Waals surface area contributed by atoms with E-state index in [0.717, 1.165) is 30.6 Å². The van der Waals surface area contributed by atoms with Gasteiger partial charge in [-0.2, -0.15) is 0 Å². The number of hydrogen-bond acceptors (Lipinski definition) is 3. The van der Waals surface area contributed by atoms with Crippen molar-refractivity contribution < 1.29 is 5.11 Å². The van der Waals surface area contributed by atoms with Gasteiger partial charge in [-0.15, -0.1) is 0 Å². The Morgan fingerprint density at radius 2 is 2.06 bits per heavy atom. The Hall–Kier alpha value is -1.32. The zero-order valence-electron chi connectivity index (χ0n) is 9.26. The molecule has 16 heavy (non-hydrogen) atoms. The Labute approximate surface area is 96.0 Å². The van der Waals surface area contributed by atoms with Crippen LogP contribution < -0.4 is 11.1 Å². The molecule has 2 atom stereocenters. The second kappa shape index (κ2) is 5.14. The van der Waals surface area contributed by atoms with Crippen LogP contribution in [-0.2, 0) is 6.54 Å². The average molecular weight is 218 g/mol. The van der Waals surface area contributed by atoms with Gasteiger partial charge in [0.2, 0.25) is 0 Å². The van der Waals surface area contributed by atoms with Crippen LogP contribution in [-0.4, -0.2) is 17.3 Å². The van der Waals surface area contributed by atoms with Crippen LogP contribution in [0.25, 0.3) is 0 Å². The zero-order valence-corrected chi connectivity index (χ0v) is 9.26. The Kier molecular flexibility index (Phi) is 3.59. The lowest BCUT2D eigenvalue weighted by molar-refractivity contribution is 0.198. The van der Waals surface area contributed by atoms with E-state index in [9.17, 15) is 5.11 Å². The summed E-state index contributed by atoms with van der Waals surface area (Å²) in [4.78, 5) is 0. The molecule has 0 saturated heterocycles. The number of nitrogens with one attached hydrogen (secondary N) is 1. The molecule has 1 aliphatic carbocycles. The highest BCUT2D eigenvalue weighted by Crippen LogP contribution is 2.14. The van der Waals surface area contributed by atoms with Crippen molar-refractivity contribution in [2.24, 2.45) is 0 Å². The summed E-state index contributed by atoms with van der Waals surface area (Å²) in [5.41, 5.74) is 7.82. The first-order valence-electron chi connectivity index (χ1n) is 5.69. The summed E-state index contributed by atoms with van der Waals surface area (Å²) < 4.78 is 0. The van der Waals surface area contributed by atoms with Crippen LogP contribution >= 0.6 is 0 Å². The molecule has 0 aliphatic heterocycles. The first kappa shape index (κ1) is 11.2.